The van der Waals surface area contributed by atoms with Gasteiger partial charge < -0.3 is 16.0 Å². The summed E-state index contributed by atoms with van der Waals surface area (Å²) in [5.74, 6) is 1.13. The third kappa shape index (κ3) is 6.99. The summed E-state index contributed by atoms with van der Waals surface area (Å²) in [7, 11) is 1.71. The van der Waals surface area contributed by atoms with Gasteiger partial charge in [0.1, 0.15) is 5.82 Å². The van der Waals surface area contributed by atoms with Crippen molar-refractivity contribution in [2.24, 2.45) is 4.99 Å². The van der Waals surface area contributed by atoms with Crippen LogP contribution in [0.3, 0.4) is 0 Å². The first-order valence-corrected chi connectivity index (χ1v) is 9.76. The van der Waals surface area contributed by atoms with E-state index >= 15 is 0 Å². The van der Waals surface area contributed by atoms with E-state index in [0.29, 0.717) is 24.9 Å². The Bertz CT molecular complexity index is 751. The molecule has 2 rings (SSSR count). The molecule has 0 amide bonds. The molecule has 0 aromatic carbocycles. The van der Waals surface area contributed by atoms with Crippen LogP contribution in [0.25, 0.3) is 0 Å². The topological polar surface area (TPSA) is 74.2 Å². The highest BCUT2D eigenvalue weighted by Crippen LogP contribution is 2.28. The summed E-state index contributed by atoms with van der Waals surface area (Å²) in [6.45, 7) is 6.07. The lowest BCUT2D eigenvalue weighted by Crippen LogP contribution is -2.39. The first-order chi connectivity index (χ1) is 13.3. The van der Waals surface area contributed by atoms with Crippen molar-refractivity contribution in [2.75, 3.05) is 32.0 Å². The Hall–Kier alpha value is -2.36. The van der Waals surface area contributed by atoms with Gasteiger partial charge in [0.15, 0.2) is 5.96 Å². The number of anilines is 1. The molecule has 0 aliphatic rings. The highest BCUT2D eigenvalue weighted by molar-refractivity contribution is 7.11. The first-order valence-electron chi connectivity index (χ1n) is 8.94. The number of aliphatic imine (C=N–C) groups is 1. The monoisotopic (exact) mass is 414 g/mol. The molecule has 0 aliphatic heterocycles. The predicted octanol–water partition coefficient (Wildman–Crippen LogP) is 3.38. The molecule has 2 aromatic rings. The van der Waals surface area contributed by atoms with Crippen molar-refractivity contribution in [3.8, 4) is 0 Å². The third-order valence-corrected chi connectivity index (χ3v) is 5.10. The van der Waals surface area contributed by atoms with Gasteiger partial charge in [-0.1, -0.05) is 0 Å². The van der Waals surface area contributed by atoms with E-state index in [1.807, 2.05) is 6.92 Å². The molecule has 0 radical (unpaired) electrons. The Morgan fingerprint density at radius 2 is 1.89 bits per heavy atom. The molecule has 10 heteroatoms. The van der Waals surface area contributed by atoms with Crippen molar-refractivity contribution in [3.63, 3.8) is 0 Å². The highest BCUT2D eigenvalue weighted by Gasteiger charge is 2.30. The average Bonchev–Trinajstić information content (AvgIpc) is 2.97. The van der Waals surface area contributed by atoms with E-state index in [0.717, 1.165) is 42.4 Å². The van der Waals surface area contributed by atoms with E-state index in [1.54, 1.807) is 18.4 Å². The van der Waals surface area contributed by atoms with E-state index < -0.39 is 11.7 Å². The van der Waals surface area contributed by atoms with Gasteiger partial charge in [-0.15, -0.1) is 11.3 Å². The molecular weight excluding hydrogens is 389 g/mol. The van der Waals surface area contributed by atoms with Gasteiger partial charge in [-0.2, -0.15) is 13.2 Å². The Balaban J connectivity index is 1.62. The number of halogens is 3. The molecule has 154 valence electrons. The smallest absolute Gasteiger partial charge is 0.370 e. The largest absolute Gasteiger partial charge is 0.417 e. The molecule has 0 aliphatic carbocycles. The zero-order valence-corrected chi connectivity index (χ0v) is 17.0. The van der Waals surface area contributed by atoms with Gasteiger partial charge in [0.05, 0.1) is 16.3 Å². The van der Waals surface area contributed by atoms with Crippen LogP contribution in [-0.2, 0) is 12.6 Å². The van der Waals surface area contributed by atoms with Crippen LogP contribution in [0, 0.1) is 13.8 Å². The number of thiazole rings is 1. The Morgan fingerprint density at radius 1 is 1.14 bits per heavy atom. The Morgan fingerprint density at radius 3 is 2.46 bits per heavy atom. The average molecular weight is 415 g/mol. The molecule has 0 fully saturated rings. The second kappa shape index (κ2) is 10.3. The number of guanidine groups is 1. The summed E-state index contributed by atoms with van der Waals surface area (Å²) in [6.07, 6.45) is -1.94. The van der Waals surface area contributed by atoms with Gasteiger partial charge in [0.2, 0.25) is 0 Å². The lowest BCUT2D eigenvalue weighted by atomic mass is 10.3. The molecule has 6 nitrogen and oxygen atoms in total. The number of aromatic nitrogens is 2. The van der Waals surface area contributed by atoms with Gasteiger partial charge in [0, 0.05) is 44.2 Å². The molecule has 0 bridgehead atoms. The van der Waals surface area contributed by atoms with Crippen LogP contribution in [0.2, 0.25) is 0 Å². The summed E-state index contributed by atoms with van der Waals surface area (Å²) < 4.78 is 37.5. The molecule has 0 saturated heterocycles. The summed E-state index contributed by atoms with van der Waals surface area (Å²) in [5, 5.41) is 10.5. The van der Waals surface area contributed by atoms with E-state index in [1.165, 1.54) is 10.9 Å². The summed E-state index contributed by atoms with van der Waals surface area (Å²) in [6, 6.07) is 2.35. The van der Waals surface area contributed by atoms with Crippen molar-refractivity contribution < 1.29 is 13.2 Å². The molecule has 0 spiro atoms. The van der Waals surface area contributed by atoms with Crippen LogP contribution in [0.5, 0.6) is 0 Å². The van der Waals surface area contributed by atoms with E-state index in [9.17, 15) is 13.2 Å². The summed E-state index contributed by atoms with van der Waals surface area (Å²) in [4.78, 5) is 13.7. The number of hydrogen-bond donors (Lipinski definition) is 3. The van der Waals surface area contributed by atoms with Gasteiger partial charge in [-0.25, -0.2) is 9.97 Å². The second-order valence-corrected chi connectivity index (χ2v) is 7.42. The number of alkyl halides is 3. The van der Waals surface area contributed by atoms with Crippen molar-refractivity contribution in [1.29, 1.82) is 0 Å². The number of pyridine rings is 1. The van der Waals surface area contributed by atoms with Gasteiger partial charge >= 0.3 is 6.18 Å². The number of rotatable bonds is 8. The fourth-order valence-electron chi connectivity index (χ4n) is 2.33. The second-order valence-electron chi connectivity index (χ2n) is 6.14. The van der Waals surface area contributed by atoms with Crippen LogP contribution in [0.4, 0.5) is 19.0 Å². The molecular formula is C18H25F3N6S. The lowest BCUT2D eigenvalue weighted by Gasteiger charge is -2.12. The van der Waals surface area contributed by atoms with Crippen LogP contribution >= 0.6 is 11.3 Å². The Kier molecular flexibility index (Phi) is 8.04. The fourth-order valence-corrected chi connectivity index (χ4v) is 3.27. The summed E-state index contributed by atoms with van der Waals surface area (Å²) in [5.41, 5.74) is 0.329. The third-order valence-electron chi connectivity index (χ3n) is 3.97. The van der Waals surface area contributed by atoms with Gasteiger partial charge in [-0.05, 0) is 32.4 Å². The maximum Gasteiger partial charge on any atom is 0.417 e. The maximum atomic E-state index is 12.5. The summed E-state index contributed by atoms with van der Waals surface area (Å²) >= 11 is 1.71. The van der Waals surface area contributed by atoms with Crippen molar-refractivity contribution >= 4 is 23.1 Å². The maximum absolute atomic E-state index is 12.5. The number of nitrogens with zero attached hydrogens (tertiary/aromatic N) is 3. The SMILES string of the molecule is CN=C(NCCCNc1ccc(C(F)(F)F)cn1)NCCc1nc(C)c(C)s1. The molecule has 28 heavy (non-hydrogen) atoms. The standard InChI is InChI=1S/C18H25F3N6S/c1-12-13(2)28-16(27-12)7-10-25-17(22-3)24-9-4-8-23-15-6-5-14(11-26-15)18(19,20)21/h5-6,11H,4,7-10H2,1-3H3,(H,23,26)(H2,22,24,25). The van der Waals surface area contributed by atoms with Crippen LogP contribution in [0.15, 0.2) is 23.3 Å². The molecule has 0 atom stereocenters. The van der Waals surface area contributed by atoms with E-state index in [4.69, 9.17) is 0 Å². The minimum atomic E-state index is -4.37. The number of hydrogen-bond acceptors (Lipinski definition) is 5. The molecule has 2 heterocycles. The van der Waals surface area contributed by atoms with E-state index in [-0.39, 0.29) is 0 Å². The normalized spacial score (nSPS) is 12.1. The quantitative estimate of drug-likeness (QED) is 0.351. The fraction of sp³-hybridized carbons (Fsp3) is 0.500. The highest BCUT2D eigenvalue weighted by atomic mass is 32.1. The minimum absolute atomic E-state index is 0.421. The van der Waals surface area contributed by atoms with Crippen molar-refractivity contribution in [2.45, 2.75) is 32.9 Å². The molecule has 2 aromatic heterocycles. The van der Waals surface area contributed by atoms with Crippen LogP contribution in [-0.4, -0.2) is 42.6 Å². The van der Waals surface area contributed by atoms with E-state index in [2.05, 4.69) is 37.8 Å². The van der Waals surface area contributed by atoms with Crippen molar-refractivity contribution in [1.82, 2.24) is 20.6 Å². The molecule has 0 unspecified atom stereocenters. The molecule has 0 saturated carbocycles. The van der Waals surface area contributed by atoms with Gasteiger partial charge in [-0.3, -0.25) is 4.99 Å². The Labute approximate surface area is 166 Å². The van der Waals surface area contributed by atoms with Crippen LogP contribution < -0.4 is 16.0 Å². The molecule has 3 N–H and O–H groups in total. The zero-order valence-electron chi connectivity index (χ0n) is 16.2. The minimum Gasteiger partial charge on any atom is -0.370 e. The number of nitrogens with one attached hydrogen (secondary N) is 3. The zero-order chi connectivity index (χ0) is 20.6. The number of aryl methyl sites for hydroxylation is 2. The lowest BCUT2D eigenvalue weighted by molar-refractivity contribution is -0.137. The van der Waals surface area contributed by atoms with Crippen LogP contribution in [0.1, 0.15) is 27.6 Å². The first kappa shape index (κ1) is 21.9. The van der Waals surface area contributed by atoms with Crippen molar-refractivity contribution in [3.05, 3.63) is 39.5 Å². The predicted molar refractivity (Wildman–Crippen MR) is 107 cm³/mol. The van der Waals surface area contributed by atoms with Gasteiger partial charge in [0.25, 0.3) is 0 Å².